The van der Waals surface area contributed by atoms with E-state index in [0.717, 1.165) is 0 Å². The third kappa shape index (κ3) is 5.05. The highest BCUT2D eigenvalue weighted by molar-refractivity contribution is 7.80. The van der Waals surface area contributed by atoms with Crippen molar-refractivity contribution < 1.29 is 14.4 Å². The van der Waals surface area contributed by atoms with E-state index in [0.29, 0.717) is 30.4 Å². The van der Waals surface area contributed by atoms with Crippen LogP contribution in [0.4, 0.5) is 17.1 Å². The van der Waals surface area contributed by atoms with Gasteiger partial charge in [0.25, 0.3) is 5.69 Å². The van der Waals surface area contributed by atoms with Crippen LogP contribution < -0.4 is 20.1 Å². The number of ether oxygens (including phenoxy) is 2. The van der Waals surface area contributed by atoms with E-state index < -0.39 is 4.92 Å². The normalized spacial score (nSPS) is 10.0. The smallest absolute Gasteiger partial charge is 0.296 e. The summed E-state index contributed by atoms with van der Waals surface area (Å²) in [6, 6.07) is 11.9. The summed E-state index contributed by atoms with van der Waals surface area (Å²) in [6.07, 6.45) is 0. The van der Waals surface area contributed by atoms with Crippen molar-refractivity contribution in [1.29, 1.82) is 0 Å². The summed E-state index contributed by atoms with van der Waals surface area (Å²) < 4.78 is 10.8. The molecular formula is C17H19N3O4S. The van der Waals surface area contributed by atoms with Gasteiger partial charge in [-0.05, 0) is 50.3 Å². The maximum atomic E-state index is 11.3. The van der Waals surface area contributed by atoms with Crippen molar-refractivity contribution in [2.45, 2.75) is 13.8 Å². The summed E-state index contributed by atoms with van der Waals surface area (Å²) in [7, 11) is 0. The van der Waals surface area contributed by atoms with Crippen LogP contribution in [0, 0.1) is 10.1 Å². The number of hydrogen-bond donors (Lipinski definition) is 2. The third-order valence-electron chi connectivity index (χ3n) is 3.16. The van der Waals surface area contributed by atoms with Crippen molar-refractivity contribution in [2.75, 3.05) is 23.8 Å². The van der Waals surface area contributed by atoms with Crippen LogP contribution in [0.2, 0.25) is 0 Å². The van der Waals surface area contributed by atoms with Crippen molar-refractivity contribution >= 4 is 34.4 Å². The fourth-order valence-electron chi connectivity index (χ4n) is 2.15. The molecule has 0 heterocycles. The Bertz CT molecular complexity index is 767. The molecule has 0 unspecified atom stereocenters. The van der Waals surface area contributed by atoms with E-state index in [1.54, 1.807) is 12.1 Å². The summed E-state index contributed by atoms with van der Waals surface area (Å²) in [5.41, 5.74) is 0.837. The Balaban J connectivity index is 2.16. The molecule has 0 amide bonds. The number of rotatable bonds is 7. The van der Waals surface area contributed by atoms with E-state index in [-0.39, 0.29) is 16.5 Å². The van der Waals surface area contributed by atoms with E-state index in [9.17, 15) is 10.1 Å². The molecule has 132 valence electrons. The van der Waals surface area contributed by atoms with Crippen LogP contribution >= 0.6 is 12.2 Å². The second kappa shape index (κ2) is 8.84. The zero-order valence-electron chi connectivity index (χ0n) is 13.9. The standard InChI is InChI=1S/C17H19N3O4S/c1-3-23-12-9-10-13(15(11-12)20(21)22)18-17(25)19-14-7-5-6-8-16(14)24-4-2/h5-11H,3-4H2,1-2H3,(H2,18,19,25). The van der Waals surface area contributed by atoms with Gasteiger partial charge in [0.05, 0.1) is 29.9 Å². The van der Waals surface area contributed by atoms with E-state index in [2.05, 4.69) is 10.6 Å². The first-order valence-electron chi connectivity index (χ1n) is 7.76. The molecule has 0 aromatic heterocycles. The molecule has 0 saturated heterocycles. The number of anilines is 2. The van der Waals surface area contributed by atoms with Crippen LogP contribution in [0.1, 0.15) is 13.8 Å². The fraction of sp³-hybridized carbons (Fsp3) is 0.235. The minimum Gasteiger partial charge on any atom is -0.494 e. The molecule has 0 atom stereocenters. The van der Waals surface area contributed by atoms with Gasteiger partial charge in [0, 0.05) is 0 Å². The maximum absolute atomic E-state index is 11.3. The van der Waals surface area contributed by atoms with Gasteiger partial charge in [-0.1, -0.05) is 12.1 Å². The van der Waals surface area contributed by atoms with Crippen LogP contribution in [0.3, 0.4) is 0 Å². The summed E-state index contributed by atoms with van der Waals surface area (Å²) in [4.78, 5) is 10.8. The number of hydrogen-bond acceptors (Lipinski definition) is 5. The van der Waals surface area contributed by atoms with Crippen LogP contribution in [0.5, 0.6) is 11.5 Å². The monoisotopic (exact) mass is 361 g/mol. The summed E-state index contributed by atoms with van der Waals surface area (Å²) in [6.45, 7) is 4.64. The molecule has 0 aliphatic carbocycles. The molecule has 8 heteroatoms. The first kappa shape index (κ1) is 18.5. The van der Waals surface area contributed by atoms with E-state index in [4.69, 9.17) is 21.7 Å². The molecule has 0 saturated carbocycles. The van der Waals surface area contributed by atoms with Gasteiger partial charge in [0.15, 0.2) is 5.11 Å². The predicted octanol–water partition coefficient (Wildman–Crippen LogP) is 4.20. The van der Waals surface area contributed by atoms with Gasteiger partial charge < -0.3 is 20.1 Å². The Kier molecular flexibility index (Phi) is 6.53. The zero-order valence-corrected chi connectivity index (χ0v) is 14.8. The average Bonchev–Trinajstić information content (AvgIpc) is 2.58. The number of benzene rings is 2. The molecule has 0 fully saturated rings. The molecule has 7 nitrogen and oxygen atoms in total. The molecule has 0 aliphatic rings. The Morgan fingerprint density at radius 2 is 1.76 bits per heavy atom. The molecule has 0 bridgehead atoms. The molecule has 25 heavy (non-hydrogen) atoms. The van der Waals surface area contributed by atoms with Crippen molar-refractivity contribution in [3.05, 3.63) is 52.6 Å². The average molecular weight is 361 g/mol. The van der Waals surface area contributed by atoms with Gasteiger partial charge in [0.1, 0.15) is 17.2 Å². The van der Waals surface area contributed by atoms with E-state index in [1.165, 1.54) is 6.07 Å². The predicted molar refractivity (Wildman–Crippen MR) is 102 cm³/mol. The first-order chi connectivity index (χ1) is 12.0. The van der Waals surface area contributed by atoms with Gasteiger partial charge >= 0.3 is 0 Å². The van der Waals surface area contributed by atoms with Gasteiger partial charge in [0.2, 0.25) is 0 Å². The molecule has 0 spiro atoms. The lowest BCUT2D eigenvalue weighted by atomic mass is 10.2. The topological polar surface area (TPSA) is 85.7 Å². The minimum atomic E-state index is -0.485. The van der Waals surface area contributed by atoms with Gasteiger partial charge in [-0.2, -0.15) is 0 Å². The Morgan fingerprint density at radius 1 is 1.08 bits per heavy atom. The lowest BCUT2D eigenvalue weighted by molar-refractivity contribution is -0.384. The van der Waals surface area contributed by atoms with Crippen LogP contribution in [-0.2, 0) is 0 Å². The lowest BCUT2D eigenvalue weighted by Gasteiger charge is -2.14. The molecule has 2 aromatic rings. The number of nitro groups is 1. The highest BCUT2D eigenvalue weighted by atomic mass is 32.1. The first-order valence-corrected chi connectivity index (χ1v) is 8.17. The number of nitro benzene ring substituents is 1. The molecular weight excluding hydrogens is 342 g/mol. The van der Waals surface area contributed by atoms with Gasteiger partial charge in [-0.3, -0.25) is 10.1 Å². The van der Waals surface area contributed by atoms with Crippen molar-refractivity contribution in [3.8, 4) is 11.5 Å². The quantitative estimate of drug-likeness (QED) is 0.434. The fourth-order valence-corrected chi connectivity index (χ4v) is 2.37. The highest BCUT2D eigenvalue weighted by Gasteiger charge is 2.16. The Morgan fingerprint density at radius 3 is 2.44 bits per heavy atom. The SMILES string of the molecule is CCOc1ccc(NC(=S)Nc2ccccc2OCC)c([N+](=O)[O-])c1. The van der Waals surface area contributed by atoms with E-state index >= 15 is 0 Å². The van der Waals surface area contributed by atoms with Gasteiger partial charge in [-0.25, -0.2) is 0 Å². The van der Waals surface area contributed by atoms with Crippen LogP contribution in [-0.4, -0.2) is 23.2 Å². The summed E-state index contributed by atoms with van der Waals surface area (Å²) >= 11 is 5.26. The summed E-state index contributed by atoms with van der Waals surface area (Å²) in [5, 5.41) is 17.3. The number of nitrogens with zero attached hydrogens (tertiary/aromatic N) is 1. The summed E-state index contributed by atoms with van der Waals surface area (Å²) in [5.74, 6) is 1.08. The lowest BCUT2D eigenvalue weighted by Crippen LogP contribution is -2.20. The van der Waals surface area contributed by atoms with Gasteiger partial charge in [-0.15, -0.1) is 0 Å². The number of thiocarbonyl (C=S) groups is 1. The maximum Gasteiger partial charge on any atom is 0.296 e. The Hall–Kier alpha value is -2.87. The highest BCUT2D eigenvalue weighted by Crippen LogP contribution is 2.30. The minimum absolute atomic E-state index is 0.117. The molecule has 2 N–H and O–H groups in total. The molecule has 2 aromatic carbocycles. The van der Waals surface area contributed by atoms with Crippen LogP contribution in [0.15, 0.2) is 42.5 Å². The zero-order chi connectivity index (χ0) is 18.2. The third-order valence-corrected chi connectivity index (χ3v) is 3.36. The van der Waals surface area contributed by atoms with Crippen molar-refractivity contribution in [3.63, 3.8) is 0 Å². The van der Waals surface area contributed by atoms with Crippen molar-refractivity contribution in [2.24, 2.45) is 0 Å². The molecule has 0 radical (unpaired) electrons. The van der Waals surface area contributed by atoms with E-state index in [1.807, 2.05) is 38.1 Å². The Labute approximate surface area is 151 Å². The second-order valence-corrected chi connectivity index (χ2v) is 5.29. The number of nitrogens with one attached hydrogen (secondary N) is 2. The number of para-hydroxylation sites is 2. The van der Waals surface area contributed by atoms with Crippen molar-refractivity contribution in [1.82, 2.24) is 0 Å². The largest absolute Gasteiger partial charge is 0.494 e. The molecule has 0 aliphatic heterocycles. The molecule has 2 rings (SSSR count). The van der Waals surface area contributed by atoms with Crippen LogP contribution in [0.25, 0.3) is 0 Å². The second-order valence-electron chi connectivity index (χ2n) is 4.88.